The number of hydrogen-bond acceptors (Lipinski definition) is 3. The number of hydrogen-bond donors (Lipinski definition) is 0. The summed E-state index contributed by atoms with van der Waals surface area (Å²) >= 11 is 0. The lowest BCUT2D eigenvalue weighted by Crippen LogP contribution is -2.62. The fourth-order valence-electron chi connectivity index (χ4n) is 6.52. The minimum Gasteiger partial charge on any atom is -0.497 e. The zero-order valence-electron chi connectivity index (χ0n) is 23.3. The van der Waals surface area contributed by atoms with E-state index in [2.05, 4.69) is 43.3 Å². The monoisotopic (exact) mass is 520 g/mol. The van der Waals surface area contributed by atoms with Gasteiger partial charge in [0.2, 0.25) is 0 Å². The average Bonchev–Trinajstić information content (AvgIpc) is 2.96. The Kier molecular flexibility index (Phi) is 12.6. The van der Waals surface area contributed by atoms with E-state index in [1.54, 1.807) is 7.11 Å². The first-order chi connectivity index (χ1) is 18.2. The summed E-state index contributed by atoms with van der Waals surface area (Å²) in [4.78, 5) is 22.9. The van der Waals surface area contributed by atoms with Gasteiger partial charge in [-0.05, 0) is 36.6 Å². The highest BCUT2D eigenvalue weighted by Gasteiger charge is 2.45. The summed E-state index contributed by atoms with van der Waals surface area (Å²) in [5.74, 6) is 1.11. The standard InChI is InChI=1S/C33H48O3Si/c1-3-4-5-6-7-8-9-10-11-12-25-37(31-19-13-28(26-34)14-20-31,32-21-15-29(27-35)16-22-32)33-23-17-30(36-2)18-24-33/h13-14,17-20,23-24,26-27,29,32H,3-12,15-16,21-22,25H2,1-2H3/t29?,32?,37-/m1/s1. The van der Waals surface area contributed by atoms with Gasteiger partial charge in [-0.2, -0.15) is 0 Å². The van der Waals surface area contributed by atoms with Crippen molar-refractivity contribution in [1.29, 1.82) is 0 Å². The van der Waals surface area contributed by atoms with E-state index in [0.29, 0.717) is 5.54 Å². The van der Waals surface area contributed by atoms with Gasteiger partial charge in [0.15, 0.2) is 0 Å². The first-order valence-electron chi connectivity index (χ1n) is 14.8. The van der Waals surface area contributed by atoms with E-state index in [9.17, 15) is 9.59 Å². The van der Waals surface area contributed by atoms with Gasteiger partial charge < -0.3 is 9.53 Å². The fourth-order valence-corrected chi connectivity index (χ4v) is 12.4. The Morgan fingerprint density at radius 2 is 1.24 bits per heavy atom. The van der Waals surface area contributed by atoms with Crippen LogP contribution in [0.5, 0.6) is 5.75 Å². The Morgan fingerprint density at radius 3 is 1.73 bits per heavy atom. The molecule has 3 nitrogen and oxygen atoms in total. The van der Waals surface area contributed by atoms with Crippen LogP contribution in [0.1, 0.15) is 107 Å². The number of unbranched alkanes of at least 4 members (excludes halogenated alkanes) is 9. The zero-order chi connectivity index (χ0) is 26.3. The number of aldehydes is 2. The van der Waals surface area contributed by atoms with Crippen LogP contribution in [0.3, 0.4) is 0 Å². The molecular formula is C33H48O3Si. The van der Waals surface area contributed by atoms with Crippen molar-refractivity contribution in [1.82, 2.24) is 0 Å². The van der Waals surface area contributed by atoms with E-state index < -0.39 is 8.07 Å². The molecule has 0 spiro atoms. The SMILES string of the molecule is CCCCCCCCCCCC[Si@](c1ccc(C=O)cc1)(c1ccc(OC)cc1)C1CCC(C=O)CC1. The quantitative estimate of drug-likeness (QED) is 0.122. The van der Waals surface area contributed by atoms with Gasteiger partial charge in [0.05, 0.1) is 7.11 Å². The summed E-state index contributed by atoms with van der Waals surface area (Å²) in [5, 5.41) is 2.91. The maximum atomic E-state index is 11.5. The number of methoxy groups -OCH3 is 1. The second-order valence-corrected chi connectivity index (χ2v) is 15.5. The summed E-state index contributed by atoms with van der Waals surface area (Å²) in [6.07, 6.45) is 19.8. The predicted octanol–water partition coefficient (Wildman–Crippen LogP) is 7.75. The second kappa shape index (κ2) is 15.9. The largest absolute Gasteiger partial charge is 0.497 e. The summed E-state index contributed by atoms with van der Waals surface area (Å²) in [6.45, 7) is 2.28. The number of ether oxygens (including phenoxy) is 1. The van der Waals surface area contributed by atoms with Crippen molar-refractivity contribution < 1.29 is 14.3 Å². The molecule has 2 aromatic carbocycles. The van der Waals surface area contributed by atoms with Crippen molar-refractivity contribution in [2.24, 2.45) is 5.92 Å². The van der Waals surface area contributed by atoms with Crippen LogP contribution in [0.25, 0.3) is 0 Å². The van der Waals surface area contributed by atoms with Gasteiger partial charge in [0.1, 0.15) is 26.4 Å². The maximum Gasteiger partial charge on any atom is 0.150 e. The van der Waals surface area contributed by atoms with Gasteiger partial charge in [-0.1, -0.05) is 131 Å². The van der Waals surface area contributed by atoms with Crippen LogP contribution < -0.4 is 15.1 Å². The van der Waals surface area contributed by atoms with Crippen LogP contribution in [0.15, 0.2) is 48.5 Å². The highest BCUT2D eigenvalue weighted by molar-refractivity contribution is 7.03. The number of rotatable bonds is 17. The molecule has 1 aliphatic rings. The van der Waals surface area contributed by atoms with Crippen molar-refractivity contribution >= 4 is 31.0 Å². The molecule has 0 aromatic heterocycles. The number of carbonyl (C=O) groups is 2. The van der Waals surface area contributed by atoms with Crippen LogP contribution in [-0.2, 0) is 4.79 Å². The summed E-state index contributed by atoms with van der Waals surface area (Å²) in [5.41, 5.74) is 1.35. The van der Waals surface area contributed by atoms with Crippen molar-refractivity contribution in [2.45, 2.75) is 108 Å². The molecular weight excluding hydrogens is 472 g/mol. The Bertz CT molecular complexity index is 916. The molecule has 0 unspecified atom stereocenters. The lowest BCUT2D eigenvalue weighted by atomic mass is 9.90. The third kappa shape index (κ3) is 8.14. The maximum absolute atomic E-state index is 11.5. The van der Waals surface area contributed by atoms with Crippen LogP contribution >= 0.6 is 0 Å². The first-order valence-corrected chi connectivity index (χ1v) is 17.1. The minimum absolute atomic E-state index is 0.216. The Balaban J connectivity index is 1.80. The van der Waals surface area contributed by atoms with Gasteiger partial charge in [0, 0.05) is 11.5 Å². The van der Waals surface area contributed by atoms with Crippen LogP contribution in [0.4, 0.5) is 0 Å². The van der Waals surface area contributed by atoms with Crippen molar-refractivity contribution in [3.05, 3.63) is 54.1 Å². The molecule has 202 valence electrons. The van der Waals surface area contributed by atoms with Gasteiger partial charge >= 0.3 is 0 Å². The molecule has 3 rings (SSSR count). The van der Waals surface area contributed by atoms with E-state index in [0.717, 1.165) is 43.3 Å². The Labute approximate surface area is 226 Å². The topological polar surface area (TPSA) is 43.4 Å². The van der Waals surface area contributed by atoms with Crippen molar-refractivity contribution in [3.63, 3.8) is 0 Å². The molecule has 1 fully saturated rings. The van der Waals surface area contributed by atoms with E-state index in [-0.39, 0.29) is 5.92 Å². The molecule has 37 heavy (non-hydrogen) atoms. The van der Waals surface area contributed by atoms with Gasteiger partial charge in [-0.15, -0.1) is 0 Å². The Hall–Kier alpha value is -2.20. The third-order valence-electron chi connectivity index (χ3n) is 8.75. The molecule has 0 saturated heterocycles. The highest BCUT2D eigenvalue weighted by atomic mass is 28.3. The van der Waals surface area contributed by atoms with Crippen molar-refractivity contribution in [2.75, 3.05) is 7.11 Å². The van der Waals surface area contributed by atoms with Crippen LogP contribution in [-0.4, -0.2) is 27.8 Å². The fraction of sp³-hybridized carbons (Fsp3) is 0.576. The van der Waals surface area contributed by atoms with Gasteiger partial charge in [-0.3, -0.25) is 4.79 Å². The molecule has 0 radical (unpaired) electrons. The van der Waals surface area contributed by atoms with Crippen molar-refractivity contribution in [3.8, 4) is 5.75 Å². The zero-order valence-corrected chi connectivity index (χ0v) is 24.3. The van der Waals surface area contributed by atoms with Crippen LogP contribution in [0.2, 0.25) is 11.6 Å². The Morgan fingerprint density at radius 1 is 0.730 bits per heavy atom. The average molecular weight is 521 g/mol. The van der Waals surface area contributed by atoms with Gasteiger partial charge in [-0.25, -0.2) is 0 Å². The normalized spacial score (nSPS) is 19.2. The molecule has 0 amide bonds. The highest BCUT2D eigenvalue weighted by Crippen LogP contribution is 2.41. The van der Waals surface area contributed by atoms with Gasteiger partial charge in [0.25, 0.3) is 0 Å². The second-order valence-electron chi connectivity index (χ2n) is 11.1. The molecule has 0 aliphatic heterocycles. The molecule has 1 atom stereocenters. The lowest BCUT2D eigenvalue weighted by molar-refractivity contribution is -0.111. The smallest absolute Gasteiger partial charge is 0.150 e. The molecule has 0 N–H and O–H groups in total. The van der Waals surface area contributed by atoms with E-state index >= 15 is 0 Å². The van der Waals surface area contributed by atoms with E-state index in [1.165, 1.54) is 86.9 Å². The first kappa shape index (κ1) is 29.4. The summed E-state index contributed by atoms with van der Waals surface area (Å²) < 4.78 is 5.50. The summed E-state index contributed by atoms with van der Waals surface area (Å²) in [7, 11) is -0.414. The molecule has 0 heterocycles. The lowest BCUT2D eigenvalue weighted by Gasteiger charge is -2.43. The number of carbonyl (C=O) groups excluding carboxylic acids is 2. The van der Waals surface area contributed by atoms with E-state index in [4.69, 9.17) is 4.74 Å². The molecule has 1 aliphatic carbocycles. The number of benzene rings is 2. The molecule has 0 bridgehead atoms. The third-order valence-corrected chi connectivity index (χ3v) is 14.6. The molecule has 1 saturated carbocycles. The predicted molar refractivity (Wildman–Crippen MR) is 158 cm³/mol. The molecule has 2 aromatic rings. The minimum atomic E-state index is -2.14. The van der Waals surface area contributed by atoms with Crippen LogP contribution in [0, 0.1) is 5.92 Å². The summed E-state index contributed by atoms with van der Waals surface area (Å²) in [6, 6.07) is 18.6. The van der Waals surface area contributed by atoms with E-state index in [1.807, 2.05) is 12.1 Å². The molecule has 4 heteroatoms.